The molecule has 2 aromatic carbocycles. The van der Waals surface area contributed by atoms with Crippen molar-refractivity contribution < 1.29 is 18.3 Å². The van der Waals surface area contributed by atoms with Crippen LogP contribution in [-0.4, -0.2) is 5.11 Å². The lowest BCUT2D eigenvalue weighted by atomic mass is 10.0. The average Bonchev–Trinajstić information content (AvgIpc) is 2.37. The van der Waals surface area contributed by atoms with E-state index in [1.807, 2.05) is 0 Å². The van der Waals surface area contributed by atoms with E-state index in [1.54, 1.807) is 0 Å². The quantitative estimate of drug-likeness (QED) is 0.896. The third-order valence-electron chi connectivity index (χ3n) is 2.75. The lowest BCUT2D eigenvalue weighted by molar-refractivity contribution is 0.177. The van der Waals surface area contributed by atoms with Gasteiger partial charge in [0.05, 0.1) is 10.6 Å². The molecule has 0 amide bonds. The first-order valence-electron chi connectivity index (χ1n) is 5.54. The third kappa shape index (κ3) is 3.36. The zero-order chi connectivity index (χ0) is 14.0. The molecule has 0 heterocycles. The monoisotopic (exact) mass is 330 g/mol. The summed E-state index contributed by atoms with van der Waals surface area (Å²) in [5.41, 5.74) is 0.505. The summed E-state index contributed by atoms with van der Waals surface area (Å²) in [5, 5.41) is 9.97. The fourth-order valence-electron chi connectivity index (χ4n) is 1.75. The Morgan fingerprint density at radius 1 is 1.00 bits per heavy atom. The van der Waals surface area contributed by atoms with Crippen LogP contribution in [-0.2, 0) is 6.42 Å². The summed E-state index contributed by atoms with van der Waals surface area (Å²) in [6.07, 6.45) is -1.12. The summed E-state index contributed by atoms with van der Waals surface area (Å²) in [7, 11) is 0. The minimum Gasteiger partial charge on any atom is -0.388 e. The molecule has 0 aromatic heterocycles. The first kappa shape index (κ1) is 14.1. The second-order valence-electron chi connectivity index (χ2n) is 4.13. The maximum Gasteiger partial charge on any atom is 0.137 e. The number of halogens is 4. The molecule has 1 nitrogen and oxygen atoms in total. The fourth-order valence-corrected chi connectivity index (χ4v) is 2.14. The Balaban J connectivity index is 2.22. The van der Waals surface area contributed by atoms with Crippen LogP contribution in [0.2, 0.25) is 0 Å². The van der Waals surface area contributed by atoms with Crippen LogP contribution in [0.4, 0.5) is 13.2 Å². The summed E-state index contributed by atoms with van der Waals surface area (Å²) in [5.74, 6) is -1.60. The van der Waals surface area contributed by atoms with Gasteiger partial charge in [-0.1, -0.05) is 6.07 Å². The molecule has 0 radical (unpaired) electrons. The van der Waals surface area contributed by atoms with Crippen molar-refractivity contribution in [2.24, 2.45) is 0 Å². The summed E-state index contributed by atoms with van der Waals surface area (Å²) in [4.78, 5) is 0. The van der Waals surface area contributed by atoms with Gasteiger partial charge in [0.25, 0.3) is 0 Å². The molecule has 0 spiro atoms. The van der Waals surface area contributed by atoms with Gasteiger partial charge in [0, 0.05) is 6.42 Å². The molecule has 1 atom stereocenters. The van der Waals surface area contributed by atoms with E-state index in [0.717, 1.165) is 18.2 Å². The molecule has 1 N–H and O–H groups in total. The Labute approximate surface area is 116 Å². The van der Waals surface area contributed by atoms with Crippen LogP contribution >= 0.6 is 15.9 Å². The largest absolute Gasteiger partial charge is 0.388 e. The molecule has 1 unspecified atom stereocenters. The van der Waals surface area contributed by atoms with Crippen molar-refractivity contribution >= 4 is 15.9 Å². The lowest BCUT2D eigenvalue weighted by Crippen LogP contribution is -2.04. The highest BCUT2D eigenvalue weighted by Gasteiger charge is 2.14. The fraction of sp³-hybridized carbons (Fsp3) is 0.143. The van der Waals surface area contributed by atoms with Crippen LogP contribution in [0.15, 0.2) is 40.9 Å². The second kappa shape index (κ2) is 5.75. The van der Waals surface area contributed by atoms with Gasteiger partial charge in [0.1, 0.15) is 17.5 Å². The molecule has 2 rings (SSSR count). The molecule has 100 valence electrons. The summed E-state index contributed by atoms with van der Waals surface area (Å²) < 4.78 is 39.7. The van der Waals surface area contributed by atoms with E-state index in [-0.39, 0.29) is 16.5 Å². The van der Waals surface area contributed by atoms with Gasteiger partial charge in [-0.3, -0.25) is 0 Å². The van der Waals surface area contributed by atoms with Crippen LogP contribution in [0.25, 0.3) is 0 Å². The molecular formula is C14H10BrF3O. The van der Waals surface area contributed by atoms with E-state index in [2.05, 4.69) is 15.9 Å². The van der Waals surface area contributed by atoms with Gasteiger partial charge in [-0.25, -0.2) is 13.2 Å². The number of hydrogen-bond acceptors (Lipinski definition) is 1. The van der Waals surface area contributed by atoms with E-state index in [4.69, 9.17) is 0 Å². The highest BCUT2D eigenvalue weighted by atomic mass is 79.9. The van der Waals surface area contributed by atoms with Crippen molar-refractivity contribution in [3.8, 4) is 0 Å². The lowest BCUT2D eigenvalue weighted by Gasteiger charge is -2.12. The van der Waals surface area contributed by atoms with Crippen molar-refractivity contribution in [1.82, 2.24) is 0 Å². The van der Waals surface area contributed by atoms with Crippen molar-refractivity contribution in [3.05, 3.63) is 69.4 Å². The number of hydrogen-bond donors (Lipinski definition) is 1. The van der Waals surface area contributed by atoms with E-state index >= 15 is 0 Å². The van der Waals surface area contributed by atoms with Crippen molar-refractivity contribution in [2.45, 2.75) is 12.5 Å². The maximum atomic E-state index is 13.4. The zero-order valence-electron chi connectivity index (χ0n) is 9.71. The van der Waals surface area contributed by atoms with Crippen LogP contribution in [0.1, 0.15) is 17.2 Å². The molecule has 19 heavy (non-hydrogen) atoms. The van der Waals surface area contributed by atoms with Gasteiger partial charge < -0.3 is 5.11 Å². The van der Waals surface area contributed by atoms with Crippen molar-refractivity contribution in [2.75, 3.05) is 0 Å². The van der Waals surface area contributed by atoms with E-state index in [0.29, 0.717) is 5.56 Å². The highest BCUT2D eigenvalue weighted by Crippen LogP contribution is 2.25. The molecule has 0 aliphatic rings. The molecule has 0 saturated heterocycles. The molecule has 2 aromatic rings. The number of rotatable bonds is 3. The van der Waals surface area contributed by atoms with Crippen molar-refractivity contribution in [1.29, 1.82) is 0 Å². The topological polar surface area (TPSA) is 20.2 Å². The Kier molecular flexibility index (Phi) is 4.27. The van der Waals surface area contributed by atoms with Crippen LogP contribution in [0, 0.1) is 17.5 Å². The van der Waals surface area contributed by atoms with Gasteiger partial charge in [-0.05, 0) is 57.4 Å². The molecule has 5 heteroatoms. The highest BCUT2D eigenvalue weighted by molar-refractivity contribution is 9.10. The Bertz CT molecular complexity index is 601. The summed E-state index contributed by atoms with van der Waals surface area (Å²) >= 11 is 3.01. The van der Waals surface area contributed by atoms with Crippen LogP contribution in [0.5, 0.6) is 0 Å². The predicted molar refractivity (Wildman–Crippen MR) is 69.1 cm³/mol. The Morgan fingerprint density at radius 3 is 2.37 bits per heavy atom. The zero-order valence-corrected chi connectivity index (χ0v) is 11.3. The maximum absolute atomic E-state index is 13.4. The minimum absolute atomic E-state index is 0.0768. The second-order valence-corrected chi connectivity index (χ2v) is 4.98. The number of aliphatic hydroxyl groups excluding tert-OH is 1. The van der Waals surface area contributed by atoms with Gasteiger partial charge in [0.15, 0.2) is 0 Å². The van der Waals surface area contributed by atoms with Gasteiger partial charge in [-0.2, -0.15) is 0 Å². The average molecular weight is 331 g/mol. The molecule has 0 aliphatic heterocycles. The molecule has 0 aliphatic carbocycles. The number of benzene rings is 2. The first-order chi connectivity index (χ1) is 8.97. The van der Waals surface area contributed by atoms with E-state index < -0.39 is 23.6 Å². The smallest absolute Gasteiger partial charge is 0.137 e. The van der Waals surface area contributed by atoms with Gasteiger partial charge in [-0.15, -0.1) is 0 Å². The number of aliphatic hydroxyl groups is 1. The SMILES string of the molecule is OC(Cc1cc(F)ccc1F)c1ccc(F)c(Br)c1. The van der Waals surface area contributed by atoms with E-state index in [1.165, 1.54) is 18.2 Å². The summed E-state index contributed by atoms with van der Waals surface area (Å²) in [6.45, 7) is 0. The van der Waals surface area contributed by atoms with Crippen LogP contribution in [0.3, 0.4) is 0 Å². The standard InChI is InChI=1S/C14H10BrF3O/c15-11-6-8(1-3-13(11)18)14(19)7-9-5-10(16)2-4-12(9)17/h1-6,14,19H,7H2. The molecular weight excluding hydrogens is 321 g/mol. The Hall–Kier alpha value is -1.33. The normalized spacial score (nSPS) is 12.5. The predicted octanol–water partition coefficient (Wildman–Crippen LogP) is 4.14. The van der Waals surface area contributed by atoms with Crippen LogP contribution < -0.4 is 0 Å². The minimum atomic E-state index is -1.03. The molecule has 0 saturated carbocycles. The summed E-state index contributed by atoms with van der Waals surface area (Å²) in [6, 6.07) is 7.08. The Morgan fingerprint density at radius 2 is 1.68 bits per heavy atom. The van der Waals surface area contributed by atoms with E-state index in [9.17, 15) is 18.3 Å². The van der Waals surface area contributed by atoms with Crippen molar-refractivity contribution in [3.63, 3.8) is 0 Å². The third-order valence-corrected chi connectivity index (χ3v) is 3.36. The first-order valence-corrected chi connectivity index (χ1v) is 6.33. The molecule has 0 bridgehead atoms. The van der Waals surface area contributed by atoms with Gasteiger partial charge >= 0.3 is 0 Å². The molecule has 0 fully saturated rings. The van der Waals surface area contributed by atoms with Gasteiger partial charge in [0.2, 0.25) is 0 Å².